The summed E-state index contributed by atoms with van der Waals surface area (Å²) >= 11 is 4.82. The fraction of sp³-hybridized carbons (Fsp3) is 0.273. The molecule has 0 saturated heterocycles. The van der Waals surface area contributed by atoms with Gasteiger partial charge in [-0.3, -0.25) is 9.69 Å². The van der Waals surface area contributed by atoms with Crippen LogP contribution in [0.1, 0.15) is 5.56 Å². The van der Waals surface area contributed by atoms with Crippen LogP contribution in [0.4, 0.5) is 4.79 Å². The first-order valence-corrected chi connectivity index (χ1v) is 7.94. The fourth-order valence-electron chi connectivity index (χ4n) is 1.27. The zero-order valence-corrected chi connectivity index (χ0v) is 11.6. The van der Waals surface area contributed by atoms with Gasteiger partial charge in [-0.1, -0.05) is 30.3 Å². The van der Waals surface area contributed by atoms with Gasteiger partial charge in [0.05, 0.1) is 0 Å². The van der Waals surface area contributed by atoms with Gasteiger partial charge < -0.3 is 9.84 Å². The van der Waals surface area contributed by atoms with Crippen LogP contribution in [-0.2, 0) is 27.9 Å². The fourth-order valence-corrected chi connectivity index (χ4v) is 2.27. The number of hydrogen-bond acceptors (Lipinski definition) is 4. The zero-order chi connectivity index (χ0) is 13.4. The molecule has 0 spiro atoms. The van der Waals surface area contributed by atoms with Crippen molar-refractivity contribution in [3.8, 4) is 0 Å². The maximum Gasteiger partial charge on any atom is 0.410 e. The van der Waals surface area contributed by atoms with Gasteiger partial charge in [-0.15, -0.1) is 11.8 Å². The number of carboxylic acids is 1. The van der Waals surface area contributed by atoms with Crippen molar-refractivity contribution in [3.63, 3.8) is 0 Å². The highest BCUT2D eigenvalue weighted by atomic mass is 32.4. The number of amides is 1. The normalized spacial score (nSPS) is 10.4. The van der Waals surface area contributed by atoms with E-state index in [1.165, 1.54) is 0 Å². The van der Waals surface area contributed by atoms with E-state index in [9.17, 15) is 9.59 Å². The van der Waals surface area contributed by atoms with Crippen LogP contribution < -0.4 is 0 Å². The molecule has 18 heavy (non-hydrogen) atoms. The molecule has 0 aliphatic heterocycles. The summed E-state index contributed by atoms with van der Waals surface area (Å²) in [5, 5.41) is 8.67. The first-order valence-electron chi connectivity index (χ1n) is 5.24. The summed E-state index contributed by atoms with van der Waals surface area (Å²) in [6.07, 6.45) is -0.367. The molecule has 0 aliphatic rings. The van der Waals surface area contributed by atoms with Crippen LogP contribution in [0.5, 0.6) is 0 Å². The molecule has 5 nitrogen and oxygen atoms in total. The van der Waals surface area contributed by atoms with Gasteiger partial charge in [0, 0.05) is 6.29 Å². The van der Waals surface area contributed by atoms with Gasteiger partial charge in [-0.2, -0.15) is 0 Å². The quantitative estimate of drug-likeness (QED) is 0.804. The van der Waals surface area contributed by atoms with Crippen LogP contribution >= 0.6 is 7.36 Å². The number of benzene rings is 1. The summed E-state index contributed by atoms with van der Waals surface area (Å²) in [5.74, 6) is -1.07. The van der Waals surface area contributed by atoms with Crippen molar-refractivity contribution in [3.05, 3.63) is 35.9 Å². The molecule has 1 aromatic carbocycles. The SMILES string of the molecule is O=C(O)CN(C[PH2]=S)C(=O)OCc1ccccc1. The Hall–Kier alpha value is -1.39. The Morgan fingerprint density at radius 3 is 2.56 bits per heavy atom. The minimum atomic E-state index is -1.07. The van der Waals surface area contributed by atoms with Crippen molar-refractivity contribution in [1.82, 2.24) is 4.90 Å². The minimum absolute atomic E-state index is 0.128. The first kappa shape index (κ1) is 14.7. The van der Waals surface area contributed by atoms with E-state index >= 15 is 0 Å². The van der Waals surface area contributed by atoms with Crippen molar-refractivity contribution in [1.29, 1.82) is 0 Å². The van der Waals surface area contributed by atoms with Crippen LogP contribution in [0.15, 0.2) is 30.3 Å². The Labute approximate surface area is 111 Å². The van der Waals surface area contributed by atoms with Crippen LogP contribution in [0.25, 0.3) is 0 Å². The summed E-state index contributed by atoms with van der Waals surface area (Å²) in [7, 11) is -0.404. The lowest BCUT2D eigenvalue weighted by Gasteiger charge is -2.18. The summed E-state index contributed by atoms with van der Waals surface area (Å²) in [6.45, 7) is -0.250. The molecule has 1 N–H and O–H groups in total. The lowest BCUT2D eigenvalue weighted by Crippen LogP contribution is -2.35. The third kappa shape index (κ3) is 5.29. The molecule has 0 saturated carbocycles. The Morgan fingerprint density at radius 2 is 2.00 bits per heavy atom. The zero-order valence-electron chi connectivity index (χ0n) is 9.61. The third-order valence-corrected chi connectivity index (χ3v) is 3.12. The van der Waals surface area contributed by atoms with E-state index in [4.69, 9.17) is 21.7 Å². The van der Waals surface area contributed by atoms with Gasteiger partial charge in [0.15, 0.2) is 0 Å². The monoisotopic (exact) mass is 287 g/mol. The number of aliphatic carboxylic acids is 1. The summed E-state index contributed by atoms with van der Waals surface area (Å²) in [5.41, 5.74) is 0.854. The highest BCUT2D eigenvalue weighted by Crippen LogP contribution is 2.06. The van der Waals surface area contributed by atoms with Crippen molar-refractivity contribution in [2.45, 2.75) is 6.61 Å². The average molecular weight is 287 g/mol. The summed E-state index contributed by atoms with van der Waals surface area (Å²) in [6, 6.07) is 9.19. The molecule has 0 aromatic heterocycles. The van der Waals surface area contributed by atoms with Gasteiger partial charge >= 0.3 is 12.1 Å². The molecule has 98 valence electrons. The summed E-state index contributed by atoms with van der Waals surface area (Å²) < 4.78 is 5.03. The molecule has 7 heteroatoms. The Balaban J connectivity index is 2.51. The predicted molar refractivity (Wildman–Crippen MR) is 72.9 cm³/mol. The molecule has 1 unspecified atom stereocenters. The molecular formula is C11H14NO4PS. The molecule has 0 heterocycles. The van der Waals surface area contributed by atoms with E-state index < -0.39 is 19.4 Å². The number of carbonyl (C=O) groups excluding carboxylic acids is 1. The predicted octanol–water partition coefficient (Wildman–Crippen LogP) is 1.54. The van der Waals surface area contributed by atoms with Gasteiger partial charge in [0.1, 0.15) is 13.2 Å². The number of hydrogen-bond donors (Lipinski definition) is 1. The maximum atomic E-state index is 11.6. The molecule has 1 atom stereocenters. The molecule has 0 bridgehead atoms. The molecule has 1 aromatic rings. The average Bonchev–Trinajstić information content (AvgIpc) is 2.36. The highest BCUT2D eigenvalue weighted by Gasteiger charge is 2.16. The number of rotatable bonds is 6. The molecule has 0 radical (unpaired) electrons. The minimum Gasteiger partial charge on any atom is -0.480 e. The van der Waals surface area contributed by atoms with Crippen LogP contribution in [-0.4, -0.2) is 34.9 Å². The second-order valence-electron chi connectivity index (χ2n) is 3.48. The lowest BCUT2D eigenvalue weighted by atomic mass is 10.2. The molecule has 0 fully saturated rings. The lowest BCUT2D eigenvalue weighted by molar-refractivity contribution is -0.137. The first-order chi connectivity index (χ1) is 8.63. The largest absolute Gasteiger partial charge is 0.480 e. The van der Waals surface area contributed by atoms with E-state index in [0.717, 1.165) is 10.5 Å². The summed E-state index contributed by atoms with van der Waals surface area (Å²) in [4.78, 5) is 23.4. The smallest absolute Gasteiger partial charge is 0.410 e. The number of ether oxygens (including phenoxy) is 1. The van der Waals surface area contributed by atoms with Crippen LogP contribution in [0.3, 0.4) is 0 Å². The number of carbonyl (C=O) groups is 2. The highest BCUT2D eigenvalue weighted by molar-refractivity contribution is 7.96. The maximum absolute atomic E-state index is 11.6. The molecule has 1 amide bonds. The topological polar surface area (TPSA) is 66.8 Å². The van der Waals surface area contributed by atoms with E-state index in [2.05, 4.69) is 0 Å². The van der Waals surface area contributed by atoms with Crippen molar-refractivity contribution in [2.24, 2.45) is 0 Å². The van der Waals surface area contributed by atoms with Gasteiger partial charge in [0.2, 0.25) is 0 Å². The second kappa shape index (κ2) is 7.84. The molecule has 0 aliphatic carbocycles. The third-order valence-electron chi connectivity index (χ3n) is 2.08. The molecule has 1 rings (SSSR count). The van der Waals surface area contributed by atoms with Crippen molar-refractivity contribution < 1.29 is 19.4 Å². The van der Waals surface area contributed by atoms with Crippen LogP contribution in [0.2, 0.25) is 0 Å². The number of nitrogens with zero attached hydrogens (tertiary/aromatic N) is 1. The molecular weight excluding hydrogens is 273 g/mol. The van der Waals surface area contributed by atoms with Crippen molar-refractivity contribution in [2.75, 3.05) is 12.8 Å². The Kier molecular flexibility index (Phi) is 6.39. The van der Waals surface area contributed by atoms with E-state index in [0.29, 0.717) is 0 Å². The standard InChI is InChI=1S/C11H14NO4PS/c13-10(14)6-12(8-17-18)11(15)16-7-9-4-2-1-3-5-9/h1-5H,6-8,17H2,(H,13,14). The van der Waals surface area contributed by atoms with E-state index in [1.54, 1.807) is 0 Å². The van der Waals surface area contributed by atoms with Crippen LogP contribution in [0, 0.1) is 0 Å². The Morgan fingerprint density at radius 1 is 1.33 bits per heavy atom. The van der Waals surface area contributed by atoms with E-state index in [1.807, 2.05) is 30.3 Å². The van der Waals surface area contributed by atoms with Crippen molar-refractivity contribution >= 4 is 31.2 Å². The van der Waals surface area contributed by atoms with Gasteiger partial charge in [0.25, 0.3) is 0 Å². The second-order valence-corrected chi connectivity index (χ2v) is 5.18. The number of carboxylic acid groups (broad SMARTS) is 1. The van der Waals surface area contributed by atoms with E-state index in [-0.39, 0.29) is 19.4 Å². The van der Waals surface area contributed by atoms with Gasteiger partial charge in [-0.25, -0.2) is 4.79 Å². The van der Waals surface area contributed by atoms with Gasteiger partial charge in [-0.05, 0) is 12.9 Å². The Bertz CT molecular complexity index is 426.